The van der Waals surface area contributed by atoms with Crippen LogP contribution in [-0.2, 0) is 10.0 Å². The van der Waals surface area contributed by atoms with Crippen LogP contribution < -0.4 is 5.32 Å². The molecule has 2 aromatic carbocycles. The fourth-order valence-corrected chi connectivity index (χ4v) is 3.87. The molecule has 0 fully saturated rings. The van der Waals surface area contributed by atoms with Crippen molar-refractivity contribution in [1.29, 1.82) is 0 Å². The minimum absolute atomic E-state index is 0.164. The third kappa shape index (κ3) is 3.83. The number of sulfonamides is 1. The highest BCUT2D eigenvalue weighted by Gasteiger charge is 2.24. The second kappa shape index (κ2) is 7.79. The van der Waals surface area contributed by atoms with Gasteiger partial charge in [-0.25, -0.2) is 17.2 Å². The van der Waals surface area contributed by atoms with Crippen molar-refractivity contribution in [3.05, 3.63) is 53.6 Å². The SMILES string of the molecule is CCN(CC)S(=O)(=O)c1ccc(O)c(NC(=O)c2c(F)cccc2F)c1. The van der Waals surface area contributed by atoms with Gasteiger partial charge in [0, 0.05) is 13.1 Å². The topological polar surface area (TPSA) is 86.7 Å². The van der Waals surface area contributed by atoms with Crippen molar-refractivity contribution in [2.75, 3.05) is 18.4 Å². The number of hydrogen-bond donors (Lipinski definition) is 2. The molecule has 0 aliphatic heterocycles. The van der Waals surface area contributed by atoms with Crippen molar-refractivity contribution in [2.45, 2.75) is 18.7 Å². The van der Waals surface area contributed by atoms with Gasteiger partial charge in [-0.3, -0.25) is 4.79 Å². The quantitative estimate of drug-likeness (QED) is 0.750. The number of amides is 1. The smallest absolute Gasteiger partial charge is 0.261 e. The van der Waals surface area contributed by atoms with Gasteiger partial charge >= 0.3 is 0 Å². The molecule has 1 amide bonds. The number of nitrogens with zero attached hydrogens (tertiary/aromatic N) is 1. The number of phenolic OH excluding ortho intramolecular Hbond substituents is 1. The number of rotatable bonds is 6. The summed E-state index contributed by atoms with van der Waals surface area (Å²) in [5.41, 5.74) is -1.10. The number of nitrogens with one attached hydrogen (secondary N) is 1. The Morgan fingerprint density at radius 3 is 2.23 bits per heavy atom. The van der Waals surface area contributed by atoms with Crippen LogP contribution in [0.4, 0.5) is 14.5 Å². The summed E-state index contributed by atoms with van der Waals surface area (Å²) in [5.74, 6) is -3.73. The maximum Gasteiger partial charge on any atom is 0.261 e. The molecule has 9 heteroatoms. The van der Waals surface area contributed by atoms with Crippen molar-refractivity contribution < 1.29 is 27.1 Å². The minimum atomic E-state index is -3.83. The second-order valence-electron chi connectivity index (χ2n) is 5.32. The highest BCUT2D eigenvalue weighted by molar-refractivity contribution is 7.89. The average molecular weight is 384 g/mol. The van der Waals surface area contributed by atoms with Crippen LogP contribution in [0.25, 0.3) is 0 Å². The Labute approximate surface area is 150 Å². The molecule has 0 heterocycles. The molecule has 0 radical (unpaired) electrons. The van der Waals surface area contributed by atoms with Crippen LogP contribution in [0.5, 0.6) is 5.75 Å². The van der Waals surface area contributed by atoms with E-state index in [1.54, 1.807) is 13.8 Å². The van der Waals surface area contributed by atoms with Crippen LogP contribution in [-0.4, -0.2) is 36.8 Å². The van der Waals surface area contributed by atoms with E-state index in [4.69, 9.17) is 0 Å². The van der Waals surface area contributed by atoms with Crippen molar-refractivity contribution in [2.24, 2.45) is 0 Å². The van der Waals surface area contributed by atoms with E-state index in [-0.39, 0.29) is 23.7 Å². The number of halogens is 2. The van der Waals surface area contributed by atoms with E-state index in [0.717, 1.165) is 30.3 Å². The lowest BCUT2D eigenvalue weighted by Gasteiger charge is -2.19. The molecule has 0 saturated carbocycles. The Kier molecular flexibility index (Phi) is 5.94. The van der Waals surface area contributed by atoms with Gasteiger partial charge < -0.3 is 10.4 Å². The van der Waals surface area contributed by atoms with Gasteiger partial charge in [0.15, 0.2) is 0 Å². The first-order chi connectivity index (χ1) is 12.2. The number of phenols is 1. The van der Waals surface area contributed by atoms with Crippen molar-refractivity contribution >= 4 is 21.6 Å². The second-order valence-corrected chi connectivity index (χ2v) is 7.26. The number of carbonyl (C=O) groups excluding carboxylic acids is 1. The van der Waals surface area contributed by atoms with E-state index >= 15 is 0 Å². The first-order valence-electron chi connectivity index (χ1n) is 7.80. The Bertz CT molecular complexity index is 908. The van der Waals surface area contributed by atoms with Crippen molar-refractivity contribution in [3.63, 3.8) is 0 Å². The van der Waals surface area contributed by atoms with E-state index in [1.807, 2.05) is 0 Å². The summed E-state index contributed by atoms with van der Waals surface area (Å²) >= 11 is 0. The minimum Gasteiger partial charge on any atom is -0.506 e. The van der Waals surface area contributed by atoms with E-state index < -0.39 is 38.9 Å². The lowest BCUT2D eigenvalue weighted by atomic mass is 10.1. The molecular formula is C17H18F2N2O4S. The molecule has 0 aliphatic carbocycles. The number of anilines is 1. The number of carbonyl (C=O) groups is 1. The molecule has 2 N–H and O–H groups in total. The highest BCUT2D eigenvalue weighted by atomic mass is 32.2. The van der Waals surface area contributed by atoms with Crippen LogP contribution in [0.1, 0.15) is 24.2 Å². The summed E-state index contributed by atoms with van der Waals surface area (Å²) < 4.78 is 53.7. The first-order valence-corrected chi connectivity index (χ1v) is 9.24. The van der Waals surface area contributed by atoms with Crippen LogP contribution in [0.3, 0.4) is 0 Å². The molecule has 2 rings (SSSR count). The third-order valence-corrected chi connectivity index (χ3v) is 5.80. The van der Waals surface area contributed by atoms with E-state index in [2.05, 4.69) is 5.32 Å². The van der Waals surface area contributed by atoms with Gasteiger partial charge in [0.2, 0.25) is 10.0 Å². The largest absolute Gasteiger partial charge is 0.506 e. The zero-order valence-corrected chi connectivity index (χ0v) is 15.0. The maximum atomic E-state index is 13.7. The number of aromatic hydroxyl groups is 1. The maximum absolute atomic E-state index is 13.7. The summed E-state index contributed by atoms with van der Waals surface area (Å²) in [6.45, 7) is 3.82. The molecule has 0 saturated heterocycles. The van der Waals surface area contributed by atoms with E-state index in [1.165, 1.54) is 10.4 Å². The molecule has 140 valence electrons. The first kappa shape index (κ1) is 19.8. The summed E-state index contributed by atoms with van der Waals surface area (Å²) in [4.78, 5) is 12.0. The van der Waals surface area contributed by atoms with Gasteiger partial charge in [-0.15, -0.1) is 0 Å². The number of benzene rings is 2. The number of hydrogen-bond acceptors (Lipinski definition) is 4. The van der Waals surface area contributed by atoms with Gasteiger partial charge in [-0.2, -0.15) is 4.31 Å². The Morgan fingerprint density at radius 1 is 1.12 bits per heavy atom. The van der Waals surface area contributed by atoms with E-state index in [0.29, 0.717) is 0 Å². The molecular weight excluding hydrogens is 366 g/mol. The molecule has 0 spiro atoms. The third-order valence-electron chi connectivity index (χ3n) is 3.75. The Morgan fingerprint density at radius 2 is 1.69 bits per heavy atom. The fourth-order valence-electron chi connectivity index (χ4n) is 2.39. The lowest BCUT2D eigenvalue weighted by Crippen LogP contribution is -2.30. The molecule has 26 heavy (non-hydrogen) atoms. The molecule has 0 aromatic heterocycles. The molecule has 0 aliphatic rings. The normalized spacial score (nSPS) is 11.6. The van der Waals surface area contributed by atoms with Crippen LogP contribution in [0.2, 0.25) is 0 Å². The van der Waals surface area contributed by atoms with Gasteiger partial charge in [0.1, 0.15) is 22.9 Å². The summed E-state index contributed by atoms with van der Waals surface area (Å²) in [6, 6.07) is 6.25. The zero-order valence-electron chi connectivity index (χ0n) is 14.2. The van der Waals surface area contributed by atoms with E-state index in [9.17, 15) is 27.1 Å². The van der Waals surface area contributed by atoms with Crippen molar-refractivity contribution in [1.82, 2.24) is 4.31 Å². The van der Waals surface area contributed by atoms with Gasteiger partial charge in [-0.1, -0.05) is 19.9 Å². The standard InChI is InChI=1S/C17H18F2N2O4S/c1-3-21(4-2)26(24,25)11-8-9-15(22)14(10-11)20-17(23)16-12(18)6-5-7-13(16)19/h5-10,22H,3-4H2,1-2H3,(H,20,23). The Balaban J connectivity index is 2.41. The summed E-state index contributed by atoms with van der Waals surface area (Å²) in [7, 11) is -3.83. The van der Waals surface area contributed by atoms with Gasteiger partial charge in [0.25, 0.3) is 5.91 Å². The van der Waals surface area contributed by atoms with Gasteiger partial charge in [0.05, 0.1) is 10.6 Å². The van der Waals surface area contributed by atoms with Gasteiger partial charge in [-0.05, 0) is 30.3 Å². The monoisotopic (exact) mass is 384 g/mol. The molecule has 0 unspecified atom stereocenters. The molecule has 0 bridgehead atoms. The predicted molar refractivity (Wildman–Crippen MR) is 92.5 cm³/mol. The van der Waals surface area contributed by atoms with Crippen LogP contribution in [0, 0.1) is 11.6 Å². The predicted octanol–water partition coefficient (Wildman–Crippen LogP) is 2.95. The fraction of sp³-hybridized carbons (Fsp3) is 0.235. The molecule has 2 aromatic rings. The van der Waals surface area contributed by atoms with Crippen molar-refractivity contribution in [3.8, 4) is 5.75 Å². The summed E-state index contributed by atoms with van der Waals surface area (Å²) in [6.07, 6.45) is 0. The molecule has 0 atom stereocenters. The zero-order chi connectivity index (χ0) is 19.5. The average Bonchev–Trinajstić information content (AvgIpc) is 2.57. The molecule has 6 nitrogen and oxygen atoms in total. The lowest BCUT2D eigenvalue weighted by molar-refractivity contribution is 0.101. The highest BCUT2D eigenvalue weighted by Crippen LogP contribution is 2.29. The van der Waals surface area contributed by atoms with Crippen LogP contribution >= 0.6 is 0 Å². The van der Waals surface area contributed by atoms with Crippen LogP contribution in [0.15, 0.2) is 41.3 Å². The summed E-state index contributed by atoms with van der Waals surface area (Å²) in [5, 5.41) is 12.0. The Hall–Kier alpha value is -2.52.